The van der Waals surface area contributed by atoms with Gasteiger partial charge in [-0.25, -0.2) is 14.4 Å². The molecule has 7 heteroatoms. The predicted octanol–water partition coefficient (Wildman–Crippen LogP) is 2.39. The number of anilines is 1. The first kappa shape index (κ1) is 17.6. The maximum atomic E-state index is 13.1. The van der Waals surface area contributed by atoms with Gasteiger partial charge in [0.15, 0.2) is 0 Å². The highest BCUT2D eigenvalue weighted by Crippen LogP contribution is 2.25. The highest BCUT2D eigenvalue weighted by atomic mass is 19.1. The molecule has 1 aromatic carbocycles. The molecule has 0 bridgehead atoms. The minimum Gasteiger partial charge on any atom is -0.395 e. The fourth-order valence-corrected chi connectivity index (χ4v) is 3.32. The van der Waals surface area contributed by atoms with Crippen molar-refractivity contribution < 1.29 is 9.50 Å². The normalized spacial score (nSPS) is 15.3. The number of aliphatic hydroxyl groups excluding tert-OH is 1. The second-order valence-electron chi connectivity index (χ2n) is 6.60. The van der Waals surface area contributed by atoms with Crippen LogP contribution in [0.1, 0.15) is 0 Å². The lowest BCUT2D eigenvalue weighted by molar-refractivity contribution is 0.188. The van der Waals surface area contributed by atoms with E-state index in [0.717, 1.165) is 61.2 Å². The third kappa shape index (κ3) is 3.99. The summed E-state index contributed by atoms with van der Waals surface area (Å²) in [6.07, 6.45) is 3.63. The number of aliphatic hydroxyl groups is 1. The summed E-state index contributed by atoms with van der Waals surface area (Å²) in [7, 11) is 0. The van der Waals surface area contributed by atoms with Crippen LogP contribution in [0, 0.1) is 5.82 Å². The van der Waals surface area contributed by atoms with E-state index in [9.17, 15) is 4.39 Å². The number of halogens is 1. The molecular weight excluding hydrogens is 345 g/mol. The lowest BCUT2D eigenvalue weighted by Crippen LogP contribution is -2.47. The Kier molecular flexibility index (Phi) is 5.13. The molecular formula is C20H22FN5O. The molecule has 0 amide bonds. The Labute approximate surface area is 157 Å². The Morgan fingerprint density at radius 3 is 2.56 bits per heavy atom. The molecule has 6 nitrogen and oxygen atoms in total. The van der Waals surface area contributed by atoms with Crippen molar-refractivity contribution in [2.45, 2.75) is 0 Å². The van der Waals surface area contributed by atoms with Crippen molar-refractivity contribution in [1.82, 2.24) is 19.9 Å². The summed E-state index contributed by atoms with van der Waals surface area (Å²) in [5, 5.41) is 9.07. The van der Waals surface area contributed by atoms with Crippen molar-refractivity contribution in [3.05, 3.63) is 54.6 Å². The van der Waals surface area contributed by atoms with Gasteiger partial charge in [-0.15, -0.1) is 0 Å². The number of H-pyrrole nitrogens is 1. The smallest absolute Gasteiger partial charge is 0.138 e. The van der Waals surface area contributed by atoms with Crippen LogP contribution in [0.4, 0.5) is 10.2 Å². The first-order valence-corrected chi connectivity index (χ1v) is 9.09. The lowest BCUT2D eigenvalue weighted by atomic mass is 10.2. The number of hydrogen-bond acceptors (Lipinski definition) is 5. The van der Waals surface area contributed by atoms with Gasteiger partial charge in [-0.05, 0) is 36.4 Å². The van der Waals surface area contributed by atoms with Crippen molar-refractivity contribution >= 4 is 5.82 Å². The van der Waals surface area contributed by atoms with Gasteiger partial charge in [0.2, 0.25) is 0 Å². The molecule has 2 N–H and O–H groups in total. The van der Waals surface area contributed by atoms with Crippen molar-refractivity contribution in [3.63, 3.8) is 0 Å². The summed E-state index contributed by atoms with van der Waals surface area (Å²) in [6.45, 7) is 4.53. The van der Waals surface area contributed by atoms with Gasteiger partial charge in [0.05, 0.1) is 12.3 Å². The van der Waals surface area contributed by atoms with E-state index < -0.39 is 0 Å². The van der Waals surface area contributed by atoms with Gasteiger partial charge in [0, 0.05) is 56.2 Å². The van der Waals surface area contributed by atoms with Gasteiger partial charge in [-0.1, -0.05) is 0 Å². The van der Waals surface area contributed by atoms with E-state index >= 15 is 0 Å². The van der Waals surface area contributed by atoms with Crippen LogP contribution in [0.25, 0.3) is 22.6 Å². The summed E-state index contributed by atoms with van der Waals surface area (Å²) < 4.78 is 13.1. The highest BCUT2D eigenvalue weighted by molar-refractivity contribution is 5.66. The average molecular weight is 367 g/mol. The Morgan fingerprint density at radius 2 is 1.81 bits per heavy atom. The number of hydrogen-bond donors (Lipinski definition) is 2. The third-order valence-electron chi connectivity index (χ3n) is 4.85. The summed E-state index contributed by atoms with van der Waals surface area (Å²) in [5.41, 5.74) is 2.61. The molecule has 0 radical (unpaired) electrons. The van der Waals surface area contributed by atoms with Crippen LogP contribution >= 0.6 is 0 Å². The van der Waals surface area contributed by atoms with E-state index in [1.165, 1.54) is 12.1 Å². The molecule has 0 spiro atoms. The molecule has 0 saturated carbocycles. The molecule has 3 heterocycles. The topological polar surface area (TPSA) is 68.3 Å². The van der Waals surface area contributed by atoms with Crippen LogP contribution in [0.15, 0.2) is 48.8 Å². The fourth-order valence-electron chi connectivity index (χ4n) is 3.32. The second kappa shape index (κ2) is 7.85. The number of nitrogens with zero attached hydrogens (tertiary/aromatic N) is 4. The van der Waals surface area contributed by atoms with E-state index in [0.29, 0.717) is 0 Å². The van der Waals surface area contributed by atoms with E-state index in [1.54, 1.807) is 18.3 Å². The van der Waals surface area contributed by atoms with Crippen molar-refractivity contribution in [3.8, 4) is 22.6 Å². The number of aromatic amines is 1. The van der Waals surface area contributed by atoms with Crippen LogP contribution < -0.4 is 4.90 Å². The standard InChI is InChI=1S/C20H22FN5O/c21-17-3-1-15(2-4-17)18-14-23-20(24-18)16-5-6-22-19(13-16)26-9-7-25(8-10-26)11-12-27/h1-6,13-14,27H,7-12H2,(H,23,24). The number of benzene rings is 1. The van der Waals surface area contributed by atoms with E-state index in [-0.39, 0.29) is 12.4 Å². The Hall–Kier alpha value is -2.77. The first-order chi connectivity index (χ1) is 13.2. The second-order valence-corrected chi connectivity index (χ2v) is 6.60. The van der Waals surface area contributed by atoms with Crippen LogP contribution in [0.2, 0.25) is 0 Å². The SMILES string of the molecule is OCCN1CCN(c2cc(-c3nc(-c4ccc(F)cc4)c[nH]3)ccn2)CC1. The van der Waals surface area contributed by atoms with E-state index in [1.807, 2.05) is 18.3 Å². The number of aromatic nitrogens is 3. The Morgan fingerprint density at radius 1 is 1.04 bits per heavy atom. The van der Waals surface area contributed by atoms with Crippen LogP contribution in [0.3, 0.4) is 0 Å². The molecule has 0 atom stereocenters. The number of pyridine rings is 1. The molecule has 1 saturated heterocycles. The minimum absolute atomic E-state index is 0.197. The number of nitrogens with one attached hydrogen (secondary N) is 1. The number of piperazine rings is 1. The summed E-state index contributed by atoms with van der Waals surface area (Å²) >= 11 is 0. The summed E-state index contributed by atoms with van der Waals surface area (Å²) in [5.74, 6) is 1.43. The fraction of sp³-hybridized carbons (Fsp3) is 0.300. The van der Waals surface area contributed by atoms with Gasteiger partial charge in [0.1, 0.15) is 17.5 Å². The molecule has 2 aromatic heterocycles. The molecule has 27 heavy (non-hydrogen) atoms. The molecule has 3 aromatic rings. The molecule has 140 valence electrons. The zero-order valence-corrected chi connectivity index (χ0v) is 15.0. The van der Waals surface area contributed by atoms with Crippen LogP contribution in [0.5, 0.6) is 0 Å². The number of rotatable bonds is 5. The van der Waals surface area contributed by atoms with E-state index in [2.05, 4.69) is 24.8 Å². The highest BCUT2D eigenvalue weighted by Gasteiger charge is 2.18. The number of imidazole rings is 1. The molecule has 0 unspecified atom stereocenters. The van der Waals surface area contributed by atoms with Crippen LogP contribution in [-0.4, -0.2) is 64.3 Å². The third-order valence-corrected chi connectivity index (χ3v) is 4.85. The maximum absolute atomic E-state index is 13.1. The predicted molar refractivity (Wildman–Crippen MR) is 103 cm³/mol. The quantitative estimate of drug-likeness (QED) is 0.725. The van der Waals surface area contributed by atoms with Crippen molar-refractivity contribution in [2.24, 2.45) is 0 Å². The minimum atomic E-state index is -0.257. The van der Waals surface area contributed by atoms with E-state index in [4.69, 9.17) is 5.11 Å². The molecule has 1 aliphatic heterocycles. The summed E-state index contributed by atoms with van der Waals surface area (Å²) in [4.78, 5) is 16.9. The Balaban J connectivity index is 1.51. The zero-order valence-electron chi connectivity index (χ0n) is 15.0. The maximum Gasteiger partial charge on any atom is 0.138 e. The Bertz CT molecular complexity index is 887. The zero-order chi connectivity index (χ0) is 18.6. The largest absolute Gasteiger partial charge is 0.395 e. The van der Waals surface area contributed by atoms with Gasteiger partial charge in [0.25, 0.3) is 0 Å². The van der Waals surface area contributed by atoms with Gasteiger partial charge < -0.3 is 15.0 Å². The lowest BCUT2D eigenvalue weighted by Gasteiger charge is -2.35. The molecule has 1 aliphatic rings. The summed E-state index contributed by atoms with van der Waals surface area (Å²) in [6, 6.07) is 10.3. The monoisotopic (exact) mass is 367 g/mol. The molecule has 0 aliphatic carbocycles. The number of β-amino-alcohol motifs (C(OH)–C–C–N with tert-alkyl or cyclic N) is 1. The van der Waals surface area contributed by atoms with Crippen molar-refractivity contribution in [2.75, 3.05) is 44.2 Å². The van der Waals surface area contributed by atoms with Gasteiger partial charge >= 0.3 is 0 Å². The van der Waals surface area contributed by atoms with Crippen LogP contribution in [-0.2, 0) is 0 Å². The van der Waals surface area contributed by atoms with Crippen molar-refractivity contribution in [1.29, 1.82) is 0 Å². The van der Waals surface area contributed by atoms with Gasteiger partial charge in [-0.2, -0.15) is 0 Å². The molecule has 1 fully saturated rings. The average Bonchev–Trinajstić information content (AvgIpc) is 3.20. The van der Waals surface area contributed by atoms with Gasteiger partial charge in [-0.3, -0.25) is 4.90 Å². The first-order valence-electron chi connectivity index (χ1n) is 9.09. The molecule has 4 rings (SSSR count).